The number of aliphatic hydroxyl groups excluding tert-OH is 1. The molecule has 1 amide bonds. The Labute approximate surface area is 97.4 Å². The molecule has 0 bridgehead atoms. The van der Waals surface area contributed by atoms with Gasteiger partial charge in [0, 0.05) is 17.6 Å². The Bertz CT molecular complexity index is 562. The van der Waals surface area contributed by atoms with Crippen molar-refractivity contribution in [1.29, 1.82) is 0 Å². The van der Waals surface area contributed by atoms with Crippen molar-refractivity contribution >= 4 is 22.6 Å². The maximum absolute atomic E-state index is 11.2. The van der Waals surface area contributed by atoms with Gasteiger partial charge in [-0.25, -0.2) is 4.79 Å². The highest BCUT2D eigenvalue weighted by Crippen LogP contribution is 2.27. The van der Waals surface area contributed by atoms with Gasteiger partial charge < -0.3 is 21.3 Å². The zero-order valence-corrected chi connectivity index (χ0v) is 9.09. The van der Waals surface area contributed by atoms with Crippen LogP contribution in [-0.2, 0) is 0 Å². The predicted molar refractivity (Wildman–Crippen MR) is 63.9 cm³/mol. The number of ether oxygens (including phenoxy) is 1. The van der Waals surface area contributed by atoms with E-state index in [0.29, 0.717) is 17.0 Å². The number of carbonyl (C=O) groups is 1. The van der Waals surface area contributed by atoms with E-state index in [1.165, 1.54) is 10.8 Å². The van der Waals surface area contributed by atoms with Crippen LogP contribution in [0.5, 0.6) is 5.75 Å². The lowest BCUT2D eigenvalue weighted by molar-refractivity contribution is 0.201. The molecule has 0 aliphatic carbocycles. The third kappa shape index (κ3) is 2.02. The summed E-state index contributed by atoms with van der Waals surface area (Å²) in [6.07, 6.45) is 1.48. The Hall–Kier alpha value is -2.21. The van der Waals surface area contributed by atoms with Gasteiger partial charge in [0.25, 0.3) is 0 Å². The number of nitrogen functional groups attached to an aromatic ring is 1. The number of nitrogens with zero attached hydrogens (tertiary/aromatic N) is 1. The number of aromatic nitrogens is 1. The largest absolute Gasteiger partial charge is 0.491 e. The molecule has 0 unspecified atom stereocenters. The summed E-state index contributed by atoms with van der Waals surface area (Å²) in [4.78, 5) is 11.2. The van der Waals surface area contributed by atoms with Gasteiger partial charge in [-0.15, -0.1) is 0 Å². The van der Waals surface area contributed by atoms with Gasteiger partial charge in [-0.05, 0) is 12.1 Å². The third-order valence-electron chi connectivity index (χ3n) is 2.41. The molecule has 0 saturated heterocycles. The number of hydrogen-bond acceptors (Lipinski definition) is 4. The topological polar surface area (TPSA) is 104 Å². The Balaban J connectivity index is 2.50. The molecule has 90 valence electrons. The quantitative estimate of drug-likeness (QED) is 0.721. The molecule has 1 aromatic heterocycles. The lowest BCUT2D eigenvalue weighted by Gasteiger charge is -2.05. The van der Waals surface area contributed by atoms with Gasteiger partial charge in [0.15, 0.2) is 0 Å². The fraction of sp³-hybridized carbons (Fsp3) is 0.182. The van der Waals surface area contributed by atoms with Crippen molar-refractivity contribution in [3.05, 3.63) is 24.4 Å². The number of aliphatic hydroxyl groups is 1. The lowest BCUT2D eigenvalue weighted by atomic mass is 10.2. The predicted octanol–water partition coefficient (Wildman–Crippen LogP) is 0.521. The van der Waals surface area contributed by atoms with Crippen LogP contribution >= 0.6 is 0 Å². The molecule has 0 fully saturated rings. The average molecular weight is 235 g/mol. The molecule has 0 saturated carbocycles. The number of rotatable bonds is 3. The molecular weight excluding hydrogens is 222 g/mol. The maximum atomic E-state index is 11.2. The first kappa shape index (κ1) is 11.3. The van der Waals surface area contributed by atoms with Crippen LogP contribution in [0.2, 0.25) is 0 Å². The molecule has 0 radical (unpaired) electrons. The second-order valence-corrected chi connectivity index (χ2v) is 3.54. The number of benzene rings is 1. The molecule has 0 spiro atoms. The summed E-state index contributed by atoms with van der Waals surface area (Å²) >= 11 is 0. The molecule has 2 aromatic rings. The summed E-state index contributed by atoms with van der Waals surface area (Å²) in [6, 6.07) is 4.52. The van der Waals surface area contributed by atoms with Crippen LogP contribution < -0.4 is 16.2 Å². The minimum atomic E-state index is -0.606. The van der Waals surface area contributed by atoms with Crippen molar-refractivity contribution in [1.82, 2.24) is 4.57 Å². The summed E-state index contributed by atoms with van der Waals surface area (Å²) in [5.41, 5.74) is 12.1. The first-order valence-corrected chi connectivity index (χ1v) is 5.07. The highest BCUT2D eigenvalue weighted by molar-refractivity contribution is 5.99. The number of fused-ring (bicyclic) bond motifs is 1. The zero-order valence-electron chi connectivity index (χ0n) is 9.09. The molecule has 2 rings (SSSR count). The molecule has 0 aliphatic rings. The number of anilines is 1. The number of amides is 1. The fourth-order valence-corrected chi connectivity index (χ4v) is 1.67. The van der Waals surface area contributed by atoms with E-state index in [1.54, 1.807) is 18.2 Å². The van der Waals surface area contributed by atoms with E-state index < -0.39 is 6.03 Å². The summed E-state index contributed by atoms with van der Waals surface area (Å²) in [7, 11) is 0. The van der Waals surface area contributed by atoms with E-state index in [2.05, 4.69) is 0 Å². The molecule has 0 atom stereocenters. The van der Waals surface area contributed by atoms with Gasteiger partial charge in [0.05, 0.1) is 17.8 Å². The second kappa shape index (κ2) is 4.34. The third-order valence-corrected chi connectivity index (χ3v) is 2.41. The van der Waals surface area contributed by atoms with E-state index in [9.17, 15) is 4.79 Å². The molecule has 17 heavy (non-hydrogen) atoms. The van der Waals surface area contributed by atoms with Crippen LogP contribution in [0.15, 0.2) is 24.4 Å². The van der Waals surface area contributed by atoms with Crippen molar-refractivity contribution in [2.24, 2.45) is 5.73 Å². The smallest absolute Gasteiger partial charge is 0.323 e. The number of primary amides is 1. The lowest BCUT2D eigenvalue weighted by Crippen LogP contribution is -2.18. The van der Waals surface area contributed by atoms with Crippen molar-refractivity contribution < 1.29 is 14.6 Å². The summed E-state index contributed by atoms with van der Waals surface area (Å²) in [5, 5.41) is 9.40. The average Bonchev–Trinajstić information content (AvgIpc) is 2.64. The second-order valence-electron chi connectivity index (χ2n) is 3.54. The minimum Gasteiger partial charge on any atom is -0.491 e. The van der Waals surface area contributed by atoms with Crippen LogP contribution in [0.25, 0.3) is 10.9 Å². The number of nitrogens with two attached hydrogens (primary N) is 2. The van der Waals surface area contributed by atoms with Gasteiger partial charge in [-0.3, -0.25) is 4.57 Å². The van der Waals surface area contributed by atoms with E-state index in [1.807, 2.05) is 0 Å². The number of carbonyl (C=O) groups excluding carboxylic acids is 1. The Kier molecular flexibility index (Phi) is 2.88. The fourth-order valence-electron chi connectivity index (χ4n) is 1.67. The van der Waals surface area contributed by atoms with E-state index in [0.717, 1.165) is 5.39 Å². The van der Waals surface area contributed by atoms with Gasteiger partial charge in [-0.1, -0.05) is 0 Å². The van der Waals surface area contributed by atoms with Gasteiger partial charge in [0.2, 0.25) is 0 Å². The zero-order chi connectivity index (χ0) is 12.4. The maximum Gasteiger partial charge on any atom is 0.323 e. The van der Waals surface area contributed by atoms with Crippen molar-refractivity contribution in [2.75, 3.05) is 18.9 Å². The molecular formula is C11H13N3O3. The highest BCUT2D eigenvalue weighted by atomic mass is 16.5. The van der Waals surface area contributed by atoms with Crippen LogP contribution in [0.3, 0.4) is 0 Å². The summed E-state index contributed by atoms with van der Waals surface area (Å²) < 4.78 is 6.51. The first-order valence-electron chi connectivity index (χ1n) is 5.07. The summed E-state index contributed by atoms with van der Waals surface area (Å²) in [5.74, 6) is 0.548. The normalized spacial score (nSPS) is 10.6. The van der Waals surface area contributed by atoms with Gasteiger partial charge >= 0.3 is 6.03 Å². The van der Waals surface area contributed by atoms with Crippen molar-refractivity contribution in [3.63, 3.8) is 0 Å². The highest BCUT2D eigenvalue weighted by Gasteiger charge is 2.10. The Morgan fingerprint density at radius 1 is 1.47 bits per heavy atom. The molecule has 6 nitrogen and oxygen atoms in total. The van der Waals surface area contributed by atoms with Crippen LogP contribution in [0, 0.1) is 0 Å². The number of hydrogen-bond donors (Lipinski definition) is 3. The summed E-state index contributed by atoms with van der Waals surface area (Å²) in [6.45, 7) is 0.120. The Morgan fingerprint density at radius 3 is 2.88 bits per heavy atom. The SMILES string of the molecule is NC(=O)n1cc(N)c2ccc(OCCO)cc21. The first-order chi connectivity index (χ1) is 8.13. The van der Waals surface area contributed by atoms with Gasteiger partial charge in [-0.2, -0.15) is 0 Å². The van der Waals surface area contributed by atoms with Crippen LogP contribution in [-0.4, -0.2) is 28.9 Å². The molecule has 6 heteroatoms. The van der Waals surface area contributed by atoms with E-state index in [4.69, 9.17) is 21.3 Å². The molecule has 1 aromatic carbocycles. The molecule has 1 heterocycles. The molecule has 5 N–H and O–H groups in total. The van der Waals surface area contributed by atoms with Crippen molar-refractivity contribution in [2.45, 2.75) is 0 Å². The van der Waals surface area contributed by atoms with E-state index >= 15 is 0 Å². The van der Waals surface area contributed by atoms with Crippen LogP contribution in [0.4, 0.5) is 10.5 Å². The van der Waals surface area contributed by atoms with Crippen molar-refractivity contribution in [3.8, 4) is 5.75 Å². The van der Waals surface area contributed by atoms with E-state index in [-0.39, 0.29) is 13.2 Å². The minimum absolute atomic E-state index is 0.0724. The Morgan fingerprint density at radius 2 is 2.24 bits per heavy atom. The standard InChI is InChI=1S/C11H13N3O3/c12-9-6-14(11(13)16)10-5-7(17-4-3-15)1-2-8(9)10/h1-2,5-6,15H,3-4,12H2,(H2,13,16). The molecule has 0 aliphatic heterocycles. The monoisotopic (exact) mass is 235 g/mol. The van der Waals surface area contributed by atoms with Crippen LogP contribution in [0.1, 0.15) is 0 Å². The van der Waals surface area contributed by atoms with Gasteiger partial charge in [0.1, 0.15) is 12.4 Å².